The van der Waals surface area contributed by atoms with Gasteiger partial charge in [-0.25, -0.2) is 9.97 Å². The number of carboxylic acid groups (broad SMARTS) is 1. The molecule has 0 radical (unpaired) electrons. The van der Waals surface area contributed by atoms with Gasteiger partial charge in [0.2, 0.25) is 5.95 Å². The number of hydrogen-bond donors (Lipinski definition) is 1. The van der Waals surface area contributed by atoms with E-state index in [2.05, 4.69) is 9.97 Å². The summed E-state index contributed by atoms with van der Waals surface area (Å²) in [6.07, 6.45) is 0. The Balaban J connectivity index is 2.89. The number of aromatic nitrogens is 2. The lowest BCUT2D eigenvalue weighted by molar-refractivity contribution is -0.140. The van der Waals surface area contributed by atoms with Crippen molar-refractivity contribution in [1.82, 2.24) is 9.97 Å². The Morgan fingerprint density at radius 3 is 2.82 bits per heavy atom. The quantitative estimate of drug-likeness (QED) is 0.829. The molecule has 1 aromatic rings. The van der Waals surface area contributed by atoms with Gasteiger partial charge < -0.3 is 10.0 Å². The van der Waals surface area contributed by atoms with Crippen LogP contribution in [0.25, 0.3) is 0 Å². The number of aliphatic carboxylic acids is 1. The van der Waals surface area contributed by atoms with Crippen molar-refractivity contribution in [3.8, 4) is 6.07 Å². The molecule has 1 heterocycles. The molecule has 1 N–H and O–H groups in total. The zero-order chi connectivity index (χ0) is 13.0. The standard InChI is InChI=1S/C11H14N4O2/c1-7(10(16)17)6-15(3)11-13-8(2)4-9(5-12)14-11/h4,7H,6H2,1-3H3,(H,16,17). The lowest BCUT2D eigenvalue weighted by Gasteiger charge is -2.19. The van der Waals surface area contributed by atoms with Crippen LogP contribution in [0.5, 0.6) is 0 Å². The van der Waals surface area contributed by atoms with Crippen LogP contribution in [0.4, 0.5) is 5.95 Å². The van der Waals surface area contributed by atoms with E-state index < -0.39 is 11.9 Å². The maximum absolute atomic E-state index is 10.7. The van der Waals surface area contributed by atoms with Gasteiger partial charge in [-0.2, -0.15) is 5.26 Å². The van der Waals surface area contributed by atoms with E-state index in [-0.39, 0.29) is 5.69 Å². The highest BCUT2D eigenvalue weighted by Crippen LogP contribution is 2.10. The monoisotopic (exact) mass is 234 g/mol. The fraction of sp³-hybridized carbons (Fsp3) is 0.455. The van der Waals surface area contributed by atoms with E-state index in [0.29, 0.717) is 18.2 Å². The van der Waals surface area contributed by atoms with E-state index in [1.165, 1.54) is 0 Å². The van der Waals surface area contributed by atoms with Crippen molar-refractivity contribution < 1.29 is 9.90 Å². The van der Waals surface area contributed by atoms with Crippen molar-refractivity contribution in [2.24, 2.45) is 5.92 Å². The topological polar surface area (TPSA) is 90.1 Å². The van der Waals surface area contributed by atoms with Gasteiger partial charge in [0.25, 0.3) is 0 Å². The Hall–Kier alpha value is -2.16. The minimum atomic E-state index is -0.870. The van der Waals surface area contributed by atoms with E-state index in [1.807, 2.05) is 6.07 Å². The molecule has 90 valence electrons. The Kier molecular flexibility index (Phi) is 3.99. The molecule has 0 fully saturated rings. The molecule has 17 heavy (non-hydrogen) atoms. The van der Waals surface area contributed by atoms with E-state index in [0.717, 1.165) is 0 Å². The van der Waals surface area contributed by atoms with Crippen molar-refractivity contribution in [2.75, 3.05) is 18.5 Å². The van der Waals surface area contributed by atoms with Crippen LogP contribution in [-0.4, -0.2) is 34.6 Å². The summed E-state index contributed by atoms with van der Waals surface area (Å²) in [5, 5.41) is 17.6. The molecule has 0 saturated heterocycles. The van der Waals surface area contributed by atoms with Crippen LogP contribution in [0.15, 0.2) is 6.07 Å². The summed E-state index contributed by atoms with van der Waals surface area (Å²) >= 11 is 0. The van der Waals surface area contributed by atoms with Gasteiger partial charge in [0.15, 0.2) is 0 Å². The third kappa shape index (κ3) is 3.41. The number of carboxylic acids is 1. The van der Waals surface area contributed by atoms with Crippen LogP contribution >= 0.6 is 0 Å². The van der Waals surface area contributed by atoms with Crippen LogP contribution in [0.2, 0.25) is 0 Å². The Morgan fingerprint density at radius 2 is 2.29 bits per heavy atom. The molecular formula is C11H14N4O2. The largest absolute Gasteiger partial charge is 0.481 e. The van der Waals surface area contributed by atoms with Crippen molar-refractivity contribution in [1.29, 1.82) is 5.26 Å². The normalized spacial score (nSPS) is 11.6. The minimum Gasteiger partial charge on any atom is -0.481 e. The van der Waals surface area contributed by atoms with Gasteiger partial charge in [0.1, 0.15) is 11.8 Å². The van der Waals surface area contributed by atoms with Crippen LogP contribution < -0.4 is 4.90 Å². The lowest BCUT2D eigenvalue weighted by atomic mass is 10.2. The van der Waals surface area contributed by atoms with E-state index in [9.17, 15) is 4.79 Å². The molecule has 0 saturated carbocycles. The molecular weight excluding hydrogens is 220 g/mol. The Bertz CT molecular complexity index is 467. The van der Waals surface area contributed by atoms with Crippen molar-refractivity contribution in [3.05, 3.63) is 17.5 Å². The molecule has 1 aromatic heterocycles. The average molecular weight is 234 g/mol. The highest BCUT2D eigenvalue weighted by atomic mass is 16.4. The van der Waals surface area contributed by atoms with Gasteiger partial charge >= 0.3 is 5.97 Å². The predicted molar refractivity (Wildman–Crippen MR) is 61.6 cm³/mol. The molecule has 0 aliphatic heterocycles. The highest BCUT2D eigenvalue weighted by Gasteiger charge is 2.16. The summed E-state index contributed by atoms with van der Waals surface area (Å²) in [5.41, 5.74) is 0.962. The van der Waals surface area contributed by atoms with Crippen molar-refractivity contribution >= 4 is 11.9 Å². The third-order valence-electron chi connectivity index (χ3n) is 2.27. The number of carbonyl (C=O) groups is 1. The van der Waals surface area contributed by atoms with E-state index >= 15 is 0 Å². The molecule has 0 spiro atoms. The maximum Gasteiger partial charge on any atom is 0.308 e. The number of nitriles is 1. The smallest absolute Gasteiger partial charge is 0.308 e. The summed E-state index contributed by atoms with van der Waals surface area (Å²) in [6.45, 7) is 3.67. The fourth-order valence-corrected chi connectivity index (χ4v) is 1.35. The lowest BCUT2D eigenvalue weighted by Crippen LogP contribution is -2.30. The summed E-state index contributed by atoms with van der Waals surface area (Å²) in [4.78, 5) is 20.6. The second-order valence-electron chi connectivity index (χ2n) is 3.93. The van der Waals surface area contributed by atoms with Gasteiger partial charge in [0, 0.05) is 19.3 Å². The Morgan fingerprint density at radius 1 is 1.65 bits per heavy atom. The molecule has 0 aliphatic rings. The molecule has 1 atom stereocenters. The van der Waals surface area contributed by atoms with Crippen LogP contribution in [0.1, 0.15) is 18.3 Å². The molecule has 1 unspecified atom stereocenters. The fourth-order valence-electron chi connectivity index (χ4n) is 1.35. The first-order chi connectivity index (χ1) is 7.93. The summed E-state index contributed by atoms with van der Waals surface area (Å²) < 4.78 is 0. The third-order valence-corrected chi connectivity index (χ3v) is 2.27. The van der Waals surface area contributed by atoms with Crippen LogP contribution in [-0.2, 0) is 4.79 Å². The molecule has 1 rings (SSSR count). The average Bonchev–Trinajstić information content (AvgIpc) is 2.27. The number of anilines is 1. The van der Waals surface area contributed by atoms with E-state index in [1.54, 1.807) is 31.9 Å². The molecule has 6 nitrogen and oxygen atoms in total. The molecule has 0 bridgehead atoms. The van der Waals surface area contributed by atoms with Gasteiger partial charge in [0.05, 0.1) is 5.92 Å². The first-order valence-corrected chi connectivity index (χ1v) is 5.13. The van der Waals surface area contributed by atoms with Crippen LogP contribution in [0, 0.1) is 24.2 Å². The highest BCUT2D eigenvalue weighted by molar-refractivity contribution is 5.70. The van der Waals surface area contributed by atoms with Crippen LogP contribution in [0.3, 0.4) is 0 Å². The van der Waals surface area contributed by atoms with Crippen molar-refractivity contribution in [3.63, 3.8) is 0 Å². The molecule has 6 heteroatoms. The summed E-state index contributed by atoms with van der Waals surface area (Å²) in [5.74, 6) is -1.02. The number of rotatable bonds is 4. The van der Waals surface area contributed by atoms with Gasteiger partial charge in [-0.3, -0.25) is 4.79 Å². The Labute approximate surface area is 99.5 Å². The first kappa shape index (κ1) is 12.9. The van der Waals surface area contributed by atoms with Gasteiger partial charge in [-0.15, -0.1) is 0 Å². The predicted octanol–water partition coefficient (Wildman–Crippen LogP) is 0.814. The van der Waals surface area contributed by atoms with Gasteiger partial charge in [-0.1, -0.05) is 6.92 Å². The number of hydrogen-bond acceptors (Lipinski definition) is 5. The summed E-state index contributed by atoms with van der Waals surface area (Å²) in [7, 11) is 1.70. The van der Waals surface area contributed by atoms with E-state index in [4.69, 9.17) is 10.4 Å². The second-order valence-corrected chi connectivity index (χ2v) is 3.93. The second kappa shape index (κ2) is 5.25. The zero-order valence-electron chi connectivity index (χ0n) is 10.0. The van der Waals surface area contributed by atoms with Gasteiger partial charge in [-0.05, 0) is 13.0 Å². The first-order valence-electron chi connectivity index (χ1n) is 5.13. The summed E-state index contributed by atoms with van der Waals surface area (Å²) in [6, 6.07) is 3.53. The SMILES string of the molecule is Cc1cc(C#N)nc(N(C)CC(C)C(=O)O)n1. The molecule has 0 aliphatic carbocycles. The maximum atomic E-state index is 10.7. The zero-order valence-corrected chi connectivity index (χ0v) is 10.0. The number of nitrogens with zero attached hydrogens (tertiary/aromatic N) is 4. The number of aryl methyl sites for hydroxylation is 1. The minimum absolute atomic E-state index is 0.280. The molecule has 0 aromatic carbocycles. The van der Waals surface area contributed by atoms with Crippen molar-refractivity contribution in [2.45, 2.75) is 13.8 Å². The molecule has 0 amide bonds.